The molecule has 2 bridgehead atoms. The Morgan fingerprint density at radius 3 is 2.54 bits per heavy atom. The minimum absolute atomic E-state index is 0.0252. The summed E-state index contributed by atoms with van der Waals surface area (Å²) in [7, 11) is 1.72. The highest BCUT2D eigenvalue weighted by Crippen LogP contribution is 2.69. The summed E-state index contributed by atoms with van der Waals surface area (Å²) in [6, 6.07) is 5.74. The second-order valence-corrected chi connectivity index (χ2v) is 12.2. The monoisotopic (exact) mass is 545 g/mol. The molecular formula is C28H36ClN3O4S. The first-order valence-corrected chi connectivity index (χ1v) is 14.1. The van der Waals surface area contributed by atoms with Crippen LogP contribution >= 0.6 is 23.4 Å². The van der Waals surface area contributed by atoms with Gasteiger partial charge in [-0.05, 0) is 30.9 Å². The molecule has 0 saturated carbocycles. The SMILES string of the molecule is C=CCN(C)C(=O)[C@@H]1[C@@H]2CC(C)C3(S2)C(C(=O)N(CC=C)c2ccccc2Cl)N([C@@H](CC)CO)C(=O)[C@H]13. The van der Waals surface area contributed by atoms with Gasteiger partial charge in [-0.3, -0.25) is 14.4 Å². The Morgan fingerprint density at radius 1 is 1.27 bits per heavy atom. The van der Waals surface area contributed by atoms with Crippen molar-refractivity contribution < 1.29 is 19.5 Å². The minimum Gasteiger partial charge on any atom is -0.394 e. The maximum Gasteiger partial charge on any atom is 0.251 e. The van der Waals surface area contributed by atoms with E-state index in [9.17, 15) is 19.5 Å². The molecule has 3 fully saturated rings. The number of aliphatic hydroxyl groups is 1. The van der Waals surface area contributed by atoms with Crippen LogP contribution in [0.2, 0.25) is 5.02 Å². The third-order valence-electron chi connectivity index (χ3n) is 8.28. The molecule has 3 unspecified atom stereocenters. The number of fused-ring (bicyclic) bond motifs is 1. The third-order valence-corrected chi connectivity index (χ3v) is 10.7. The summed E-state index contributed by atoms with van der Waals surface area (Å²) in [6.07, 6.45) is 4.54. The first-order chi connectivity index (χ1) is 17.7. The van der Waals surface area contributed by atoms with Gasteiger partial charge in [-0.1, -0.05) is 49.7 Å². The lowest BCUT2D eigenvalue weighted by atomic mass is 9.65. The molecule has 0 aromatic heterocycles. The average Bonchev–Trinajstić information content (AvgIpc) is 3.47. The van der Waals surface area contributed by atoms with Gasteiger partial charge in [0, 0.05) is 25.4 Å². The predicted octanol–water partition coefficient (Wildman–Crippen LogP) is 3.61. The van der Waals surface area contributed by atoms with E-state index < -0.39 is 28.7 Å². The number of carbonyl (C=O) groups is 3. The fourth-order valence-electron chi connectivity index (χ4n) is 6.62. The summed E-state index contributed by atoms with van der Waals surface area (Å²) >= 11 is 8.14. The van der Waals surface area contributed by atoms with Crippen LogP contribution in [0.1, 0.15) is 26.7 Å². The van der Waals surface area contributed by atoms with Gasteiger partial charge in [0.2, 0.25) is 11.8 Å². The van der Waals surface area contributed by atoms with Gasteiger partial charge in [0.05, 0.1) is 39.9 Å². The van der Waals surface area contributed by atoms with Crippen molar-refractivity contribution in [1.82, 2.24) is 9.80 Å². The third kappa shape index (κ3) is 4.21. The molecule has 0 radical (unpaired) electrons. The minimum atomic E-state index is -0.842. The largest absolute Gasteiger partial charge is 0.394 e. The molecule has 3 heterocycles. The second-order valence-electron chi connectivity index (χ2n) is 10.2. The maximum absolute atomic E-state index is 14.6. The van der Waals surface area contributed by atoms with E-state index in [0.717, 1.165) is 6.42 Å². The van der Waals surface area contributed by atoms with E-state index in [-0.39, 0.29) is 42.0 Å². The molecule has 37 heavy (non-hydrogen) atoms. The molecule has 0 aliphatic carbocycles. The molecule has 7 nitrogen and oxygen atoms in total. The number of rotatable bonds is 10. The van der Waals surface area contributed by atoms with Crippen LogP contribution in [0, 0.1) is 17.8 Å². The van der Waals surface area contributed by atoms with Crippen molar-refractivity contribution in [2.45, 2.75) is 48.8 Å². The molecule has 4 rings (SSSR count). The fraction of sp³-hybridized carbons (Fsp3) is 0.536. The number of anilines is 1. The summed E-state index contributed by atoms with van der Waals surface area (Å²) in [5, 5.41) is 10.7. The number of hydrogen-bond donors (Lipinski definition) is 1. The van der Waals surface area contributed by atoms with Crippen LogP contribution in [0.3, 0.4) is 0 Å². The van der Waals surface area contributed by atoms with Crippen molar-refractivity contribution in [3.05, 3.63) is 54.6 Å². The van der Waals surface area contributed by atoms with Crippen molar-refractivity contribution in [1.29, 1.82) is 0 Å². The number of halogens is 1. The fourth-order valence-corrected chi connectivity index (χ4v) is 9.25. The molecule has 3 amide bonds. The van der Waals surface area contributed by atoms with E-state index in [2.05, 4.69) is 20.1 Å². The smallest absolute Gasteiger partial charge is 0.251 e. The van der Waals surface area contributed by atoms with Crippen LogP contribution in [0.25, 0.3) is 0 Å². The first kappa shape index (κ1) is 27.7. The van der Waals surface area contributed by atoms with E-state index in [1.165, 1.54) is 0 Å². The highest BCUT2D eigenvalue weighted by Gasteiger charge is 2.76. The maximum atomic E-state index is 14.6. The normalized spacial score (nSPS) is 30.7. The summed E-state index contributed by atoms with van der Waals surface area (Å²) in [6.45, 7) is 11.9. The van der Waals surface area contributed by atoms with Crippen molar-refractivity contribution in [2.75, 3.05) is 31.6 Å². The summed E-state index contributed by atoms with van der Waals surface area (Å²) in [4.78, 5) is 47.3. The van der Waals surface area contributed by atoms with Gasteiger partial charge in [-0.15, -0.1) is 24.9 Å². The van der Waals surface area contributed by atoms with E-state index in [1.54, 1.807) is 63.9 Å². The Balaban J connectivity index is 1.86. The average molecular weight is 546 g/mol. The molecule has 1 aromatic carbocycles. The van der Waals surface area contributed by atoms with E-state index in [0.29, 0.717) is 23.7 Å². The molecular weight excluding hydrogens is 510 g/mol. The van der Waals surface area contributed by atoms with Crippen molar-refractivity contribution in [2.24, 2.45) is 17.8 Å². The van der Waals surface area contributed by atoms with Crippen LogP contribution < -0.4 is 4.90 Å². The number of hydrogen-bond acceptors (Lipinski definition) is 5. The topological polar surface area (TPSA) is 81.2 Å². The molecule has 7 atom stereocenters. The molecule has 3 saturated heterocycles. The molecule has 1 spiro atoms. The summed E-state index contributed by atoms with van der Waals surface area (Å²) in [5.74, 6) is -1.71. The lowest BCUT2D eigenvalue weighted by Crippen LogP contribution is -2.59. The standard InChI is InChI=1S/C28H36ClN3O4S/c1-6-13-30(5)25(34)22-21-15-17(4)28(37-21)23(22)26(35)32(18(8-3)16-33)24(28)27(36)31(14-7-2)20-12-10-9-11-19(20)29/h6-7,9-12,17-18,21-24,33H,1-2,8,13-16H2,3-5H3/t17?,18-,21-,22+,23-,24?,28?/m0/s1. The van der Waals surface area contributed by atoms with Gasteiger partial charge in [0.25, 0.3) is 5.91 Å². The molecule has 200 valence electrons. The first-order valence-electron chi connectivity index (χ1n) is 12.8. The highest BCUT2D eigenvalue weighted by molar-refractivity contribution is 8.02. The lowest BCUT2D eigenvalue weighted by molar-refractivity contribution is -0.145. The van der Waals surface area contributed by atoms with E-state index >= 15 is 0 Å². The van der Waals surface area contributed by atoms with Gasteiger partial charge in [-0.2, -0.15) is 0 Å². The zero-order chi connectivity index (χ0) is 27.1. The number of likely N-dealkylation sites (N-methyl/N-ethyl adjacent to an activating group) is 1. The Kier molecular flexibility index (Phi) is 8.12. The Bertz CT molecular complexity index is 1090. The van der Waals surface area contributed by atoms with E-state index in [4.69, 9.17) is 11.6 Å². The second kappa shape index (κ2) is 10.8. The Labute approximate surface area is 228 Å². The molecule has 9 heteroatoms. The van der Waals surface area contributed by atoms with Gasteiger partial charge >= 0.3 is 0 Å². The number of carbonyl (C=O) groups excluding carboxylic acids is 3. The number of likely N-dealkylation sites (tertiary alicyclic amines) is 1. The molecule has 1 aromatic rings. The van der Waals surface area contributed by atoms with Crippen LogP contribution in [-0.2, 0) is 14.4 Å². The van der Waals surface area contributed by atoms with Gasteiger partial charge in [0.15, 0.2) is 0 Å². The zero-order valence-electron chi connectivity index (χ0n) is 21.7. The molecule has 1 N–H and O–H groups in total. The number of thioether (sulfide) groups is 1. The van der Waals surface area contributed by atoms with Gasteiger partial charge in [0.1, 0.15) is 6.04 Å². The number of benzene rings is 1. The number of aliphatic hydroxyl groups excluding tert-OH is 1. The van der Waals surface area contributed by atoms with Crippen LogP contribution in [-0.4, -0.2) is 81.5 Å². The van der Waals surface area contributed by atoms with Gasteiger partial charge in [-0.25, -0.2) is 0 Å². The van der Waals surface area contributed by atoms with Gasteiger partial charge < -0.3 is 19.8 Å². The predicted molar refractivity (Wildman–Crippen MR) is 149 cm³/mol. The number of nitrogens with zero attached hydrogens (tertiary/aromatic N) is 3. The van der Waals surface area contributed by atoms with Crippen LogP contribution in [0.5, 0.6) is 0 Å². The van der Waals surface area contributed by atoms with Crippen molar-refractivity contribution >= 4 is 46.8 Å². The van der Waals surface area contributed by atoms with Crippen LogP contribution in [0.4, 0.5) is 5.69 Å². The summed E-state index contributed by atoms with van der Waals surface area (Å²) in [5.41, 5.74) is 0.543. The van der Waals surface area contributed by atoms with E-state index in [1.807, 2.05) is 13.0 Å². The molecule has 3 aliphatic rings. The summed E-state index contributed by atoms with van der Waals surface area (Å²) < 4.78 is -0.780. The Morgan fingerprint density at radius 2 is 1.95 bits per heavy atom. The highest BCUT2D eigenvalue weighted by atomic mass is 35.5. The Hall–Kier alpha value is -2.29. The molecule has 3 aliphatic heterocycles. The van der Waals surface area contributed by atoms with Crippen LogP contribution in [0.15, 0.2) is 49.6 Å². The van der Waals surface area contributed by atoms with Crippen molar-refractivity contribution in [3.63, 3.8) is 0 Å². The van der Waals surface area contributed by atoms with Crippen molar-refractivity contribution in [3.8, 4) is 0 Å². The number of amides is 3. The lowest BCUT2D eigenvalue weighted by Gasteiger charge is -2.42. The zero-order valence-corrected chi connectivity index (χ0v) is 23.3. The number of para-hydroxylation sites is 1. The quantitative estimate of drug-likeness (QED) is 0.454.